The van der Waals surface area contributed by atoms with Crippen molar-refractivity contribution in [3.05, 3.63) is 77.9 Å². The average molecular weight is 424 g/mol. The molecule has 0 bridgehead atoms. The van der Waals surface area contributed by atoms with Gasteiger partial charge >= 0.3 is 11.9 Å². The van der Waals surface area contributed by atoms with E-state index in [-0.39, 0.29) is 22.7 Å². The zero-order valence-electron chi connectivity index (χ0n) is 17.0. The number of aromatic carboxylic acids is 1. The van der Waals surface area contributed by atoms with E-state index in [4.69, 9.17) is 19.7 Å². The molecule has 162 valence electrons. The maximum Gasteiger partial charge on any atom is 0.341 e. The molecular weight excluding hydrogens is 400 g/mol. The van der Waals surface area contributed by atoms with Crippen LogP contribution in [0.15, 0.2) is 61.2 Å². The normalized spacial score (nSPS) is 10.6. The second-order valence-electron chi connectivity index (χ2n) is 6.60. The van der Waals surface area contributed by atoms with Crippen molar-refractivity contribution in [2.45, 2.75) is 19.3 Å². The first kappa shape index (κ1) is 23.4. The molecule has 2 rings (SSSR count). The number of ketones is 1. The summed E-state index contributed by atoms with van der Waals surface area (Å²) >= 11 is 0. The summed E-state index contributed by atoms with van der Waals surface area (Å²) in [7, 11) is 0. The largest absolute Gasteiger partial charge is 0.493 e. The van der Waals surface area contributed by atoms with E-state index in [1.165, 1.54) is 30.3 Å². The maximum atomic E-state index is 12.6. The molecule has 0 aliphatic rings. The van der Waals surface area contributed by atoms with Crippen molar-refractivity contribution >= 4 is 23.8 Å². The SMILES string of the molecule is C=CCCCCOc1ccc(C(=O)C=Cc2ccc(C(=O)O)cc2)c(OCC(=O)O)c1. The van der Waals surface area contributed by atoms with Crippen LogP contribution < -0.4 is 9.47 Å². The summed E-state index contributed by atoms with van der Waals surface area (Å²) in [4.78, 5) is 34.4. The minimum Gasteiger partial charge on any atom is -0.493 e. The lowest BCUT2D eigenvalue weighted by Crippen LogP contribution is -2.12. The molecule has 2 N–H and O–H groups in total. The number of benzene rings is 2. The number of hydrogen-bond donors (Lipinski definition) is 2. The van der Waals surface area contributed by atoms with Gasteiger partial charge in [-0.2, -0.15) is 0 Å². The van der Waals surface area contributed by atoms with Crippen LogP contribution in [0.25, 0.3) is 6.08 Å². The Morgan fingerprint density at radius 2 is 1.71 bits per heavy atom. The van der Waals surface area contributed by atoms with Gasteiger partial charge < -0.3 is 19.7 Å². The van der Waals surface area contributed by atoms with E-state index in [1.807, 2.05) is 6.08 Å². The van der Waals surface area contributed by atoms with Crippen molar-refractivity contribution in [3.63, 3.8) is 0 Å². The van der Waals surface area contributed by atoms with Gasteiger partial charge in [0.05, 0.1) is 17.7 Å². The Balaban J connectivity index is 2.13. The summed E-state index contributed by atoms with van der Waals surface area (Å²) in [5, 5.41) is 17.8. The maximum absolute atomic E-state index is 12.6. The topological polar surface area (TPSA) is 110 Å². The van der Waals surface area contributed by atoms with Crippen LogP contribution in [-0.2, 0) is 4.79 Å². The van der Waals surface area contributed by atoms with Gasteiger partial charge in [-0.3, -0.25) is 4.79 Å². The molecule has 0 heterocycles. The first-order chi connectivity index (χ1) is 14.9. The fourth-order valence-corrected chi connectivity index (χ4v) is 2.63. The van der Waals surface area contributed by atoms with Crippen LogP contribution in [0.3, 0.4) is 0 Å². The minimum atomic E-state index is -1.16. The number of ether oxygens (including phenoxy) is 2. The van der Waals surface area contributed by atoms with Gasteiger partial charge in [-0.15, -0.1) is 6.58 Å². The Kier molecular flexibility index (Phi) is 9.04. The fraction of sp³-hybridized carbons (Fsp3) is 0.208. The van der Waals surface area contributed by atoms with Crippen molar-refractivity contribution in [2.75, 3.05) is 13.2 Å². The first-order valence-corrected chi connectivity index (χ1v) is 9.69. The highest BCUT2D eigenvalue weighted by Gasteiger charge is 2.13. The molecule has 2 aromatic carbocycles. The Morgan fingerprint density at radius 3 is 2.35 bits per heavy atom. The number of carboxylic acids is 2. The fourth-order valence-electron chi connectivity index (χ4n) is 2.63. The number of carbonyl (C=O) groups is 3. The molecule has 0 fully saturated rings. The predicted molar refractivity (Wildman–Crippen MR) is 116 cm³/mol. The van der Waals surface area contributed by atoms with Crippen LogP contribution in [0.5, 0.6) is 11.5 Å². The van der Waals surface area contributed by atoms with E-state index in [2.05, 4.69) is 6.58 Å². The van der Waals surface area contributed by atoms with Gasteiger partial charge in [-0.05, 0) is 55.2 Å². The lowest BCUT2D eigenvalue weighted by atomic mass is 10.1. The number of carboxylic acid groups (broad SMARTS) is 2. The first-order valence-electron chi connectivity index (χ1n) is 9.69. The molecule has 7 heteroatoms. The molecule has 0 aromatic heterocycles. The molecule has 31 heavy (non-hydrogen) atoms. The number of allylic oxidation sites excluding steroid dienone is 2. The van der Waals surface area contributed by atoms with Crippen LogP contribution in [0.4, 0.5) is 0 Å². The lowest BCUT2D eigenvalue weighted by Gasteiger charge is -2.11. The molecular formula is C24H24O7. The Hall–Kier alpha value is -3.87. The van der Waals surface area contributed by atoms with Gasteiger partial charge in [-0.25, -0.2) is 9.59 Å². The van der Waals surface area contributed by atoms with Gasteiger partial charge in [0, 0.05) is 6.07 Å². The Bertz CT molecular complexity index is 958. The number of rotatable bonds is 13. The Labute approximate surface area is 180 Å². The van der Waals surface area contributed by atoms with Gasteiger partial charge in [0.25, 0.3) is 0 Å². The Morgan fingerprint density at radius 1 is 0.968 bits per heavy atom. The highest BCUT2D eigenvalue weighted by atomic mass is 16.5. The molecule has 0 atom stereocenters. The van der Waals surface area contributed by atoms with Crippen molar-refractivity contribution in [1.82, 2.24) is 0 Å². The van der Waals surface area contributed by atoms with E-state index >= 15 is 0 Å². The summed E-state index contributed by atoms with van der Waals surface area (Å²) < 4.78 is 10.9. The average Bonchev–Trinajstić information content (AvgIpc) is 2.76. The third-order valence-corrected chi connectivity index (χ3v) is 4.23. The molecule has 0 aliphatic heterocycles. The molecule has 0 radical (unpaired) electrons. The van der Waals surface area contributed by atoms with Gasteiger partial charge in [0.15, 0.2) is 12.4 Å². The van der Waals surface area contributed by atoms with Crippen molar-refractivity contribution in [1.29, 1.82) is 0 Å². The summed E-state index contributed by atoms with van der Waals surface area (Å²) in [5.41, 5.74) is 0.984. The molecule has 0 spiro atoms. The molecule has 2 aromatic rings. The van der Waals surface area contributed by atoms with E-state index in [9.17, 15) is 14.4 Å². The smallest absolute Gasteiger partial charge is 0.341 e. The van der Waals surface area contributed by atoms with Crippen LogP contribution in [-0.4, -0.2) is 41.1 Å². The minimum absolute atomic E-state index is 0.113. The van der Waals surface area contributed by atoms with Crippen molar-refractivity contribution < 1.29 is 34.1 Å². The number of unbranched alkanes of at least 4 members (excludes halogenated alkanes) is 2. The number of aliphatic carboxylic acids is 1. The zero-order valence-corrected chi connectivity index (χ0v) is 17.0. The van der Waals surface area contributed by atoms with E-state index in [1.54, 1.807) is 24.3 Å². The van der Waals surface area contributed by atoms with Gasteiger partial charge in [0.1, 0.15) is 11.5 Å². The molecule has 0 aliphatic carbocycles. The molecule has 0 saturated heterocycles. The number of carbonyl (C=O) groups excluding carboxylic acids is 1. The molecule has 0 amide bonds. The molecule has 7 nitrogen and oxygen atoms in total. The summed E-state index contributed by atoms with van der Waals surface area (Å²) in [5.74, 6) is -2.00. The third-order valence-electron chi connectivity index (χ3n) is 4.23. The van der Waals surface area contributed by atoms with E-state index in [0.29, 0.717) is 17.9 Å². The zero-order chi connectivity index (χ0) is 22.6. The highest BCUT2D eigenvalue weighted by molar-refractivity contribution is 6.08. The second-order valence-corrected chi connectivity index (χ2v) is 6.60. The summed E-state index contributed by atoms with van der Waals surface area (Å²) in [6, 6.07) is 10.7. The quantitative estimate of drug-likeness (QED) is 0.211. The predicted octanol–water partition coefficient (Wildman–Crippen LogP) is 4.48. The van der Waals surface area contributed by atoms with Gasteiger partial charge in [-0.1, -0.05) is 24.3 Å². The van der Waals surface area contributed by atoms with Crippen molar-refractivity contribution in [2.24, 2.45) is 0 Å². The molecule has 0 unspecified atom stereocenters. The molecule has 0 saturated carbocycles. The highest BCUT2D eigenvalue weighted by Crippen LogP contribution is 2.26. The summed E-state index contributed by atoms with van der Waals surface area (Å²) in [6.45, 7) is 3.55. The van der Waals surface area contributed by atoms with Crippen molar-refractivity contribution in [3.8, 4) is 11.5 Å². The number of hydrogen-bond acceptors (Lipinski definition) is 5. The summed E-state index contributed by atoms with van der Waals surface area (Å²) in [6.07, 6.45) is 7.37. The van der Waals surface area contributed by atoms with Crippen LogP contribution in [0.1, 0.15) is 45.5 Å². The van der Waals surface area contributed by atoms with E-state index in [0.717, 1.165) is 19.3 Å². The monoisotopic (exact) mass is 424 g/mol. The van der Waals surface area contributed by atoms with Crippen LogP contribution in [0.2, 0.25) is 0 Å². The van der Waals surface area contributed by atoms with Gasteiger partial charge in [0.2, 0.25) is 0 Å². The van der Waals surface area contributed by atoms with E-state index < -0.39 is 18.5 Å². The lowest BCUT2D eigenvalue weighted by molar-refractivity contribution is -0.139. The third kappa shape index (κ3) is 7.81. The standard InChI is InChI=1S/C24H24O7/c1-2-3-4-5-14-30-19-11-12-20(22(15-19)31-16-23(26)27)21(25)13-8-17-6-9-18(10-7-17)24(28)29/h2,6-13,15H,1,3-5,14,16H2,(H,26,27)(H,28,29). The van der Waals surface area contributed by atoms with Crippen LogP contribution in [0, 0.1) is 0 Å². The second kappa shape index (κ2) is 12.0. The van der Waals surface area contributed by atoms with Crippen LogP contribution >= 0.6 is 0 Å².